The first kappa shape index (κ1) is 19.5. The van der Waals surface area contributed by atoms with E-state index in [1.165, 1.54) is 4.90 Å². The smallest absolute Gasteiger partial charge is 0.261 e. The normalized spacial score (nSPS) is 10.7. The number of likely N-dealkylation sites (N-methyl/N-ethyl adjacent to an activating group) is 1. The minimum atomic E-state index is -0.907. The van der Waals surface area contributed by atoms with Gasteiger partial charge < -0.3 is 9.64 Å². The molecule has 0 aliphatic heterocycles. The minimum absolute atomic E-state index is 0.125. The average molecular weight is 371 g/mol. The van der Waals surface area contributed by atoms with Crippen LogP contribution >= 0.6 is 11.6 Å². The Morgan fingerprint density at radius 1 is 1.08 bits per heavy atom. The van der Waals surface area contributed by atoms with Crippen LogP contribution in [0.2, 0.25) is 5.02 Å². The molecule has 0 saturated heterocycles. The van der Waals surface area contributed by atoms with E-state index in [-0.39, 0.29) is 18.3 Å². The summed E-state index contributed by atoms with van der Waals surface area (Å²) < 4.78 is 5.46. The van der Waals surface area contributed by atoms with E-state index in [2.05, 4.69) is 6.07 Å². The topological polar surface area (TPSA) is 70.4 Å². The van der Waals surface area contributed by atoms with Crippen LogP contribution < -0.4 is 4.74 Å². The number of benzene rings is 2. The van der Waals surface area contributed by atoms with Crippen molar-refractivity contribution in [2.45, 2.75) is 19.4 Å². The summed E-state index contributed by atoms with van der Waals surface area (Å²) in [6.07, 6.45) is 0. The van der Waals surface area contributed by atoms with E-state index in [0.29, 0.717) is 21.9 Å². The van der Waals surface area contributed by atoms with E-state index in [1.54, 1.807) is 69.4 Å². The summed E-state index contributed by atoms with van der Waals surface area (Å²) in [6, 6.07) is 15.3. The highest BCUT2D eigenvalue weighted by Crippen LogP contribution is 2.18. The predicted molar refractivity (Wildman–Crippen MR) is 99.3 cm³/mol. The first-order chi connectivity index (χ1) is 12.2. The van der Waals surface area contributed by atoms with Crippen LogP contribution in [-0.2, 0) is 4.79 Å². The molecule has 6 heteroatoms. The average Bonchev–Trinajstić information content (AvgIpc) is 2.66. The Hall–Kier alpha value is -2.84. The molecule has 0 N–H and O–H groups in total. The van der Waals surface area contributed by atoms with Gasteiger partial charge in [0.2, 0.25) is 0 Å². The van der Waals surface area contributed by atoms with Crippen molar-refractivity contribution in [3.63, 3.8) is 0 Å². The van der Waals surface area contributed by atoms with Gasteiger partial charge in [0.1, 0.15) is 11.3 Å². The number of rotatable bonds is 6. The van der Waals surface area contributed by atoms with E-state index >= 15 is 0 Å². The minimum Gasteiger partial charge on any atom is -0.484 e. The number of nitriles is 1. The molecule has 2 aromatic carbocycles. The molecule has 134 valence electrons. The van der Waals surface area contributed by atoms with Crippen LogP contribution in [0.15, 0.2) is 48.5 Å². The lowest BCUT2D eigenvalue weighted by Gasteiger charge is -2.28. The molecule has 0 aliphatic rings. The number of hydrogen-bond donors (Lipinski definition) is 0. The quantitative estimate of drug-likeness (QED) is 0.727. The Bertz CT molecular complexity index is 837. The van der Waals surface area contributed by atoms with Crippen molar-refractivity contribution in [2.24, 2.45) is 0 Å². The van der Waals surface area contributed by atoms with Gasteiger partial charge in [-0.05, 0) is 62.4 Å². The van der Waals surface area contributed by atoms with Gasteiger partial charge >= 0.3 is 0 Å². The molecular weight excluding hydrogens is 352 g/mol. The van der Waals surface area contributed by atoms with Crippen molar-refractivity contribution < 1.29 is 14.3 Å². The zero-order valence-electron chi connectivity index (χ0n) is 14.8. The first-order valence-corrected chi connectivity index (χ1v) is 8.33. The van der Waals surface area contributed by atoms with Gasteiger partial charge in [-0.15, -0.1) is 0 Å². The van der Waals surface area contributed by atoms with E-state index in [9.17, 15) is 9.59 Å². The van der Waals surface area contributed by atoms with Crippen LogP contribution in [0.5, 0.6) is 5.75 Å². The number of nitrogens with zero attached hydrogens (tertiary/aromatic N) is 2. The molecule has 1 amide bonds. The van der Waals surface area contributed by atoms with Crippen LogP contribution in [0.4, 0.5) is 0 Å². The van der Waals surface area contributed by atoms with Gasteiger partial charge in [-0.1, -0.05) is 11.6 Å². The van der Waals surface area contributed by atoms with Crippen LogP contribution in [0.1, 0.15) is 29.8 Å². The van der Waals surface area contributed by atoms with Gasteiger partial charge in [0.05, 0.1) is 6.07 Å². The SMILES string of the molecule is CN(C(=O)COc1ccc(C(=O)c2ccc(Cl)cc2)cc1)C(C)(C)C#N. The van der Waals surface area contributed by atoms with Crippen LogP contribution in [0, 0.1) is 11.3 Å². The molecule has 0 unspecified atom stereocenters. The molecule has 0 bridgehead atoms. The summed E-state index contributed by atoms with van der Waals surface area (Å²) in [4.78, 5) is 25.8. The Morgan fingerprint density at radius 2 is 1.58 bits per heavy atom. The zero-order chi connectivity index (χ0) is 19.3. The van der Waals surface area contributed by atoms with Crippen LogP contribution in [-0.4, -0.2) is 35.8 Å². The lowest BCUT2D eigenvalue weighted by atomic mass is 10.0. The molecule has 0 aromatic heterocycles. The Balaban J connectivity index is 1.99. The Labute approximate surface area is 157 Å². The van der Waals surface area contributed by atoms with Crippen molar-refractivity contribution in [1.82, 2.24) is 4.90 Å². The zero-order valence-corrected chi connectivity index (χ0v) is 15.6. The summed E-state index contributed by atoms with van der Waals surface area (Å²) in [5.41, 5.74) is 0.141. The van der Waals surface area contributed by atoms with Gasteiger partial charge in [-0.3, -0.25) is 9.59 Å². The summed E-state index contributed by atoms with van der Waals surface area (Å²) in [5, 5.41) is 9.64. The molecule has 2 aromatic rings. The first-order valence-electron chi connectivity index (χ1n) is 7.95. The van der Waals surface area contributed by atoms with Gasteiger partial charge in [-0.2, -0.15) is 5.26 Å². The molecule has 2 rings (SSSR count). The van der Waals surface area contributed by atoms with Crippen molar-refractivity contribution in [2.75, 3.05) is 13.7 Å². The Morgan fingerprint density at radius 3 is 2.08 bits per heavy atom. The highest BCUT2D eigenvalue weighted by atomic mass is 35.5. The number of carbonyl (C=O) groups excluding carboxylic acids is 2. The predicted octanol–water partition coefficient (Wildman–Crippen LogP) is 3.71. The number of amides is 1. The number of halogens is 1. The molecular formula is C20H19ClN2O3. The molecule has 5 nitrogen and oxygen atoms in total. The molecule has 26 heavy (non-hydrogen) atoms. The highest BCUT2D eigenvalue weighted by Gasteiger charge is 2.27. The fourth-order valence-electron chi connectivity index (χ4n) is 2.10. The van der Waals surface area contributed by atoms with E-state index in [4.69, 9.17) is 21.6 Å². The molecule has 0 fully saturated rings. The van der Waals surface area contributed by atoms with Crippen molar-refractivity contribution in [3.8, 4) is 11.8 Å². The highest BCUT2D eigenvalue weighted by molar-refractivity contribution is 6.30. The summed E-state index contributed by atoms with van der Waals surface area (Å²) >= 11 is 5.83. The monoisotopic (exact) mass is 370 g/mol. The standard InChI is InChI=1S/C20H19ClN2O3/c1-20(2,13-22)23(3)18(24)12-26-17-10-6-15(7-11-17)19(25)14-4-8-16(21)9-5-14/h4-11H,12H2,1-3H3. The van der Waals surface area contributed by atoms with Gasteiger partial charge in [0.25, 0.3) is 5.91 Å². The van der Waals surface area contributed by atoms with Crippen molar-refractivity contribution in [1.29, 1.82) is 5.26 Å². The fourth-order valence-corrected chi connectivity index (χ4v) is 2.23. The molecule has 0 atom stereocenters. The third-order valence-corrected chi connectivity index (χ3v) is 4.32. The number of ketones is 1. The maximum Gasteiger partial charge on any atom is 0.261 e. The van der Waals surface area contributed by atoms with Gasteiger partial charge in [-0.25, -0.2) is 0 Å². The molecule has 0 saturated carbocycles. The lowest BCUT2D eigenvalue weighted by molar-refractivity contribution is -0.135. The molecule has 0 heterocycles. The van der Waals surface area contributed by atoms with E-state index in [0.717, 1.165) is 0 Å². The van der Waals surface area contributed by atoms with E-state index < -0.39 is 5.54 Å². The fraction of sp³-hybridized carbons (Fsp3) is 0.250. The van der Waals surface area contributed by atoms with Crippen molar-refractivity contribution >= 4 is 23.3 Å². The summed E-state index contributed by atoms with van der Waals surface area (Å²) in [7, 11) is 1.56. The molecule has 0 spiro atoms. The van der Waals surface area contributed by atoms with Crippen LogP contribution in [0.3, 0.4) is 0 Å². The van der Waals surface area contributed by atoms with Gasteiger partial charge in [0.15, 0.2) is 12.4 Å². The third-order valence-electron chi connectivity index (χ3n) is 4.07. The molecule has 0 aliphatic carbocycles. The lowest BCUT2D eigenvalue weighted by Crippen LogP contribution is -2.45. The third kappa shape index (κ3) is 4.62. The second kappa shape index (κ2) is 8.03. The number of hydrogen-bond acceptors (Lipinski definition) is 4. The number of ether oxygens (including phenoxy) is 1. The maximum absolute atomic E-state index is 12.4. The Kier molecular flexibility index (Phi) is 6.01. The van der Waals surface area contributed by atoms with Crippen LogP contribution in [0.25, 0.3) is 0 Å². The second-order valence-electron chi connectivity index (χ2n) is 6.27. The summed E-state index contributed by atoms with van der Waals surface area (Å²) in [6.45, 7) is 3.12. The largest absolute Gasteiger partial charge is 0.484 e. The second-order valence-corrected chi connectivity index (χ2v) is 6.71. The molecule has 0 radical (unpaired) electrons. The number of carbonyl (C=O) groups is 2. The summed E-state index contributed by atoms with van der Waals surface area (Å²) in [5.74, 6) is 0.0341. The van der Waals surface area contributed by atoms with E-state index in [1.807, 2.05) is 0 Å². The van der Waals surface area contributed by atoms with Crippen molar-refractivity contribution in [3.05, 3.63) is 64.7 Å². The van der Waals surface area contributed by atoms with Gasteiger partial charge in [0, 0.05) is 23.2 Å². The maximum atomic E-state index is 12.4.